The van der Waals surface area contributed by atoms with Crippen molar-refractivity contribution in [3.8, 4) is 33.9 Å². The fourth-order valence-electron chi connectivity index (χ4n) is 8.19. The van der Waals surface area contributed by atoms with Gasteiger partial charge in [-0.2, -0.15) is 0 Å². The summed E-state index contributed by atoms with van der Waals surface area (Å²) in [7, 11) is 35.5. The van der Waals surface area contributed by atoms with Crippen molar-refractivity contribution in [1.82, 2.24) is 0 Å². The van der Waals surface area contributed by atoms with Gasteiger partial charge in [-0.05, 0) is 94.2 Å². The topological polar surface area (TPSA) is 190 Å². The summed E-state index contributed by atoms with van der Waals surface area (Å²) >= 11 is 16.3. The molecule has 37 heteroatoms. The van der Waals surface area contributed by atoms with Crippen LogP contribution in [0, 0.1) is 57.6 Å². The van der Waals surface area contributed by atoms with Crippen molar-refractivity contribution in [2.75, 3.05) is 6.61 Å². The van der Waals surface area contributed by atoms with E-state index in [0.29, 0.717) is 15.9 Å². The normalized spacial score (nSPS) is 38.4. The van der Waals surface area contributed by atoms with Gasteiger partial charge < -0.3 is 66.7 Å². The molecule has 0 aromatic rings. The zero-order valence-electron chi connectivity index (χ0n) is 43.4. The highest BCUT2D eigenvalue weighted by atomic mass is 35.5. The molecule has 5 aliphatic rings. The molecule has 0 aromatic heterocycles. The summed E-state index contributed by atoms with van der Waals surface area (Å²) in [5.41, 5.74) is -3.48. The summed E-state index contributed by atoms with van der Waals surface area (Å²) in [6, 6.07) is -1.72. The molecule has 5 rings (SSSR count). The molecule has 76 heavy (non-hydrogen) atoms. The second kappa shape index (κ2) is 40.7. The molecule has 0 aliphatic carbocycles. The Morgan fingerprint density at radius 3 is 1.47 bits per heavy atom. The average Bonchev–Trinajstić information content (AvgIpc) is 4.04. The van der Waals surface area contributed by atoms with Crippen LogP contribution in [0.4, 0.5) is 0 Å². The van der Waals surface area contributed by atoms with E-state index < -0.39 is 110 Å². The maximum absolute atomic E-state index is 11.6. The second-order valence-corrected chi connectivity index (χ2v) is 52.0. The summed E-state index contributed by atoms with van der Waals surface area (Å²) in [5.74, 6) is 8.52. The molecule has 5 saturated heterocycles. The Morgan fingerprint density at radius 2 is 1.08 bits per heavy atom. The molecule has 434 valence electrons. The molecule has 5 fully saturated rings. The zero-order valence-corrected chi connectivity index (χ0v) is 63.6. The van der Waals surface area contributed by atoms with Crippen molar-refractivity contribution < 1.29 is 71.5 Å². The van der Waals surface area contributed by atoms with Gasteiger partial charge in [-0.3, -0.25) is 4.79 Å². The highest BCUT2D eigenvalue weighted by Gasteiger charge is 2.57. The van der Waals surface area contributed by atoms with E-state index in [1.807, 2.05) is 26.2 Å². The van der Waals surface area contributed by atoms with E-state index in [4.69, 9.17) is 102 Å². The molecule has 33 atom stereocenters. The fourth-order valence-corrected chi connectivity index (χ4v) is 16.5. The van der Waals surface area contributed by atoms with Gasteiger partial charge in [-0.25, -0.2) is 0 Å². The molecule has 4 N–H and O–H groups in total. The van der Waals surface area contributed by atoms with Crippen molar-refractivity contribution in [2.24, 2.45) is 23.7 Å². The summed E-state index contributed by atoms with van der Waals surface area (Å²) in [6.07, 6.45) is -0.528. The van der Waals surface area contributed by atoms with Crippen molar-refractivity contribution in [2.45, 2.75) is 171 Å². The van der Waals surface area contributed by atoms with Crippen LogP contribution in [0.2, 0.25) is 0 Å². The van der Waals surface area contributed by atoms with E-state index in [0.717, 1.165) is 25.7 Å². The van der Waals surface area contributed by atoms with Gasteiger partial charge in [0, 0.05) is 39.8 Å². The van der Waals surface area contributed by atoms with Crippen molar-refractivity contribution in [1.29, 1.82) is 0 Å². The lowest BCUT2D eigenvalue weighted by atomic mass is 9.76. The number of hydrogen-bond acceptors (Lipinski definition) is 15. The monoisotopic (exact) mass is 1440 g/mol. The van der Waals surface area contributed by atoms with Crippen LogP contribution in [0.25, 0.3) is 0 Å². The predicted octanol–water partition coefficient (Wildman–Crippen LogP) is 11.3. The molecule has 5 aliphatic heterocycles. The lowest BCUT2D eigenvalue weighted by Gasteiger charge is -2.34. The Hall–Kier alpha value is 6.10. The van der Waals surface area contributed by atoms with E-state index in [9.17, 15) is 20.1 Å². The summed E-state index contributed by atoms with van der Waals surface area (Å²) < 4.78 is 56.6. The van der Waals surface area contributed by atoms with E-state index >= 15 is 0 Å². The molecular weight excluding hydrogens is 1360 g/mol. The molecule has 0 aromatic carbocycles. The first-order chi connectivity index (χ1) is 35.6. The van der Waals surface area contributed by atoms with Gasteiger partial charge in [-0.1, -0.05) is 127 Å². The molecule has 15 unspecified atom stereocenters. The fraction of sp³-hybridized carbons (Fsp3) is 0.821. The third kappa shape index (κ3) is 23.5. The number of rotatable bonds is 17. The van der Waals surface area contributed by atoms with Gasteiger partial charge in [0.05, 0.1) is 80.7 Å². The summed E-state index contributed by atoms with van der Waals surface area (Å²) in [6.45, 7) is 15.8. The Bertz CT molecular complexity index is 1920. The lowest BCUT2D eigenvalue weighted by Crippen LogP contribution is -2.47. The third-order valence-corrected chi connectivity index (χ3v) is 33.2. The van der Waals surface area contributed by atoms with Gasteiger partial charge in [0.1, 0.15) is 34.0 Å². The molecule has 0 bridgehead atoms. The van der Waals surface area contributed by atoms with Crippen LogP contribution in [0.1, 0.15) is 81.1 Å². The number of hydrogen-bond donors (Lipinski definition) is 4. The number of aliphatic hydroxyl groups excluding tert-OH is 3. The zero-order chi connectivity index (χ0) is 58.5. The van der Waals surface area contributed by atoms with Gasteiger partial charge in [0.15, 0.2) is 28.9 Å². The SMILES string of the molecule is CC[C@H]1OC(OP(P)P)[C@](C#CCl)(OP(P)PP)[C@@H]1C.CC[C@H]1O[C@H](OP(P)P)C(=O)[C@@H]1C.CC[C@H]1O[C@H](OP(P)P)[C@H](O)[C@@H]1C.[B][C@@H]1O[C@H](CC)[C@@H](C)[C@@]1(C#CCl)OP(P)PP.[B][C@@H]1O[C@H](CO)[C@@H](O)[C@]1(O)C#CCl. The number of ether oxygens (including phenoxy) is 5. The van der Waals surface area contributed by atoms with Crippen molar-refractivity contribution in [3.63, 3.8) is 0 Å². The predicted molar refractivity (Wildman–Crippen MR) is 362 cm³/mol. The Morgan fingerprint density at radius 1 is 0.632 bits per heavy atom. The number of halogens is 3. The maximum atomic E-state index is 11.6. The van der Waals surface area contributed by atoms with Gasteiger partial charge in [0.25, 0.3) is 0 Å². The van der Waals surface area contributed by atoms with Crippen molar-refractivity contribution >= 4 is 199 Å². The number of Topliss-reactive ketones (excluding diaryl/α,β-unsaturated/α-hetero) is 1. The van der Waals surface area contributed by atoms with Crippen LogP contribution in [0.15, 0.2) is 0 Å². The van der Waals surface area contributed by atoms with Crippen LogP contribution >= 0.6 is 178 Å². The van der Waals surface area contributed by atoms with Crippen molar-refractivity contribution in [3.05, 3.63) is 0 Å². The second-order valence-electron chi connectivity index (χ2n) is 17.2. The molecule has 15 nitrogen and oxygen atoms in total. The van der Waals surface area contributed by atoms with E-state index in [1.165, 1.54) is 0 Å². The maximum Gasteiger partial charge on any atom is 0.222 e. The minimum absolute atomic E-state index is 0.0278. The third-order valence-electron chi connectivity index (χ3n) is 12.6. The Labute approximate surface area is 502 Å². The largest absolute Gasteiger partial charge is 0.394 e. The molecular formula is C39H76B2Cl3O15P17. The number of aliphatic hydroxyl groups is 4. The first-order valence-corrected chi connectivity index (χ1v) is 51.0. The smallest absolute Gasteiger partial charge is 0.222 e. The van der Waals surface area contributed by atoms with E-state index in [2.05, 4.69) is 152 Å². The van der Waals surface area contributed by atoms with Crippen LogP contribution in [-0.4, -0.2) is 139 Å². The highest BCUT2D eigenvalue weighted by molar-refractivity contribution is 8.60. The minimum atomic E-state index is -1.91. The average molecular weight is 1440 g/mol. The quantitative estimate of drug-likeness (QED) is 0.0611. The molecule has 5 heterocycles. The van der Waals surface area contributed by atoms with Crippen LogP contribution in [-0.2, 0) is 51.1 Å². The summed E-state index contributed by atoms with van der Waals surface area (Å²) in [5, 5.41) is 44.4. The van der Waals surface area contributed by atoms with Crippen LogP contribution < -0.4 is 0 Å². The molecule has 4 radical (unpaired) electrons. The molecule has 0 saturated carbocycles. The molecule has 0 spiro atoms. The lowest BCUT2D eigenvalue weighted by molar-refractivity contribution is -0.137. The van der Waals surface area contributed by atoms with Crippen LogP contribution in [0.5, 0.6) is 0 Å². The van der Waals surface area contributed by atoms with Crippen LogP contribution in [0.3, 0.4) is 0 Å². The summed E-state index contributed by atoms with van der Waals surface area (Å²) in [4.78, 5) is 11.6. The van der Waals surface area contributed by atoms with Gasteiger partial charge >= 0.3 is 0 Å². The number of carbonyl (C=O) groups excluding carboxylic acids is 1. The van der Waals surface area contributed by atoms with E-state index in [-0.39, 0.29) is 53.9 Å². The Balaban J connectivity index is 0.000000480. The molecule has 0 amide bonds. The van der Waals surface area contributed by atoms with Gasteiger partial charge in [0.2, 0.25) is 12.6 Å². The highest BCUT2D eigenvalue weighted by Crippen LogP contribution is 2.71. The Kier molecular flexibility index (Phi) is 42.9. The first-order valence-electron chi connectivity index (χ1n) is 23.3. The minimum Gasteiger partial charge on any atom is -0.394 e. The standard InChI is InChI=1S/C9H16BClO2P4.C9H20ClO3P7.C7H8BClO4.C7H17O3P3.C7H15O3P3/c1-3-7-6(2)9(4-5-11,8(10)12-7)13-17(15)16-14;1-3-7-6(2)9(4-5-10,13-20(17)18-14)8(11-7)12-19(15)16;8-6-7(12,1-2-9)5(11)4(3-10)13-6;2*1-3-5-4(2)6(8)7(9-5)10-13(11)12/h6-8,16H,3,14-15H2,1-2H3;6-8,18H,3,14-17H2,1-2H3;4-6,10-12H,3H2;4-8H,3,11-12H2,1-2H3;4-5,7H,3,11-12H2,1-2H3/t6-,7-,8-,9-,17?;6-,7-,8?,9-,20?;2*4-,5-,6-,7-;4-,5-,7-/m11111/s1. The first kappa shape index (κ1) is 80.1. The number of ketones is 1. The van der Waals surface area contributed by atoms with E-state index in [1.54, 1.807) is 0 Å². The number of carbonyl (C=O) groups is 1. The van der Waals surface area contributed by atoms with Gasteiger partial charge in [-0.15, -0.1) is 17.9 Å².